The summed E-state index contributed by atoms with van der Waals surface area (Å²) in [5.74, 6) is 0.209. The van der Waals surface area contributed by atoms with E-state index in [1.165, 1.54) is 13.0 Å². The molecule has 0 spiro atoms. The van der Waals surface area contributed by atoms with Crippen molar-refractivity contribution in [2.75, 3.05) is 26.2 Å². The molecule has 0 bridgehead atoms. The molecule has 2 heterocycles. The summed E-state index contributed by atoms with van der Waals surface area (Å²) in [5, 5.41) is 6.43. The van der Waals surface area contributed by atoms with Crippen LogP contribution in [0.1, 0.15) is 32.6 Å². The highest BCUT2D eigenvalue weighted by Gasteiger charge is 2.26. The van der Waals surface area contributed by atoms with E-state index in [0.717, 1.165) is 38.9 Å². The molecule has 2 N–H and O–H groups in total. The van der Waals surface area contributed by atoms with Crippen LogP contribution in [0.15, 0.2) is 0 Å². The quantitative estimate of drug-likeness (QED) is 0.822. The third-order valence-electron chi connectivity index (χ3n) is 3.68. The number of piperidine rings is 1. The van der Waals surface area contributed by atoms with Crippen molar-refractivity contribution in [3.05, 3.63) is 0 Å². The minimum atomic E-state index is 0. The number of nitrogens with one attached hydrogen (secondary N) is 2. The summed E-state index contributed by atoms with van der Waals surface area (Å²) >= 11 is 0. The van der Waals surface area contributed by atoms with Gasteiger partial charge in [-0.05, 0) is 45.3 Å². The number of amides is 1. The Balaban J connectivity index is 0.00000144. The topological polar surface area (TPSA) is 44.4 Å². The number of carbonyl (C=O) groups is 1. The second-order valence-electron chi connectivity index (χ2n) is 4.89. The van der Waals surface area contributed by atoms with Crippen LogP contribution in [0.3, 0.4) is 0 Å². The number of nitrogens with zero attached hydrogens (tertiary/aromatic N) is 1. The number of rotatable bonds is 3. The van der Waals surface area contributed by atoms with Gasteiger partial charge < -0.3 is 15.5 Å². The van der Waals surface area contributed by atoms with Crippen LogP contribution in [0.4, 0.5) is 0 Å². The molecule has 2 rings (SSSR count). The third kappa shape index (κ3) is 4.92. The van der Waals surface area contributed by atoms with Gasteiger partial charge in [0.15, 0.2) is 0 Å². The molecule has 0 aromatic carbocycles. The molecule has 18 heavy (non-hydrogen) atoms. The van der Waals surface area contributed by atoms with Crippen molar-refractivity contribution in [2.45, 2.75) is 44.7 Å². The Morgan fingerprint density at radius 3 is 2.72 bits per heavy atom. The van der Waals surface area contributed by atoms with Crippen LogP contribution in [0, 0.1) is 0 Å². The second kappa shape index (κ2) is 8.97. The highest BCUT2D eigenvalue weighted by atomic mass is 35.5. The summed E-state index contributed by atoms with van der Waals surface area (Å²) in [5.41, 5.74) is 0. The van der Waals surface area contributed by atoms with Gasteiger partial charge in [0.25, 0.3) is 0 Å². The first-order chi connectivity index (χ1) is 7.79. The first kappa shape index (κ1) is 18.0. The van der Waals surface area contributed by atoms with Crippen molar-refractivity contribution in [1.29, 1.82) is 0 Å². The fourth-order valence-corrected chi connectivity index (χ4v) is 2.67. The molecular weight excluding hydrogens is 273 g/mol. The zero-order chi connectivity index (χ0) is 11.4. The summed E-state index contributed by atoms with van der Waals surface area (Å²) in [6, 6.07) is 0.431. The molecule has 0 aromatic rings. The first-order valence-corrected chi connectivity index (χ1v) is 6.55. The molecule has 4 nitrogen and oxygen atoms in total. The van der Waals surface area contributed by atoms with Crippen molar-refractivity contribution in [3.8, 4) is 0 Å². The second-order valence-corrected chi connectivity index (χ2v) is 4.89. The Labute approximate surface area is 122 Å². The lowest BCUT2D eigenvalue weighted by molar-refractivity contribution is -0.123. The monoisotopic (exact) mass is 297 g/mol. The zero-order valence-electron chi connectivity index (χ0n) is 11.0. The van der Waals surface area contributed by atoms with E-state index in [-0.39, 0.29) is 36.8 Å². The van der Waals surface area contributed by atoms with E-state index in [4.69, 9.17) is 0 Å². The summed E-state index contributed by atoms with van der Waals surface area (Å²) in [6.07, 6.45) is 4.46. The van der Waals surface area contributed by atoms with Crippen LogP contribution < -0.4 is 10.6 Å². The van der Waals surface area contributed by atoms with Crippen molar-refractivity contribution in [3.63, 3.8) is 0 Å². The molecule has 1 unspecified atom stereocenters. The molecular formula is C12H25Cl2N3O. The highest BCUT2D eigenvalue weighted by molar-refractivity contribution is 5.85. The number of hydrogen-bond acceptors (Lipinski definition) is 3. The van der Waals surface area contributed by atoms with Crippen molar-refractivity contribution >= 4 is 30.7 Å². The molecule has 0 saturated carbocycles. The van der Waals surface area contributed by atoms with Gasteiger partial charge in [0.05, 0.1) is 6.04 Å². The average Bonchev–Trinajstić information content (AvgIpc) is 2.83. The molecule has 2 aliphatic rings. The van der Waals surface area contributed by atoms with Gasteiger partial charge in [-0.2, -0.15) is 0 Å². The van der Waals surface area contributed by atoms with E-state index in [1.807, 2.05) is 0 Å². The number of carbonyl (C=O) groups excluding carboxylic acids is 1. The van der Waals surface area contributed by atoms with Gasteiger partial charge in [0, 0.05) is 12.6 Å². The predicted molar refractivity (Wildman–Crippen MR) is 78.8 cm³/mol. The molecule has 2 saturated heterocycles. The Morgan fingerprint density at radius 1 is 1.33 bits per heavy atom. The van der Waals surface area contributed by atoms with Crippen LogP contribution >= 0.6 is 24.8 Å². The smallest absolute Gasteiger partial charge is 0.237 e. The van der Waals surface area contributed by atoms with Gasteiger partial charge in [-0.3, -0.25) is 4.79 Å². The van der Waals surface area contributed by atoms with E-state index in [2.05, 4.69) is 22.5 Å². The van der Waals surface area contributed by atoms with Crippen molar-refractivity contribution in [2.24, 2.45) is 0 Å². The lowest BCUT2D eigenvalue weighted by Crippen LogP contribution is -2.51. The number of hydrogen-bond donors (Lipinski definition) is 2. The van der Waals surface area contributed by atoms with E-state index in [1.54, 1.807) is 0 Å². The summed E-state index contributed by atoms with van der Waals surface area (Å²) in [7, 11) is 0. The van der Waals surface area contributed by atoms with Gasteiger partial charge in [-0.1, -0.05) is 6.92 Å². The molecule has 108 valence electrons. The fourth-order valence-electron chi connectivity index (χ4n) is 2.67. The van der Waals surface area contributed by atoms with Crippen LogP contribution in [-0.4, -0.2) is 49.1 Å². The number of likely N-dealkylation sites (N-methyl/N-ethyl adjacent to an activating group) is 1. The molecule has 2 fully saturated rings. The van der Waals surface area contributed by atoms with Gasteiger partial charge >= 0.3 is 0 Å². The van der Waals surface area contributed by atoms with Crippen LogP contribution in [-0.2, 0) is 4.79 Å². The summed E-state index contributed by atoms with van der Waals surface area (Å²) in [6.45, 7) is 6.47. The largest absolute Gasteiger partial charge is 0.351 e. The number of halogens is 2. The van der Waals surface area contributed by atoms with Gasteiger partial charge in [-0.15, -0.1) is 24.8 Å². The van der Waals surface area contributed by atoms with E-state index >= 15 is 0 Å². The Kier molecular flexibility index (Phi) is 8.95. The lowest BCUT2D eigenvalue weighted by Gasteiger charge is -2.32. The van der Waals surface area contributed by atoms with Gasteiger partial charge in [-0.25, -0.2) is 0 Å². The summed E-state index contributed by atoms with van der Waals surface area (Å²) in [4.78, 5) is 14.3. The van der Waals surface area contributed by atoms with E-state index in [0.29, 0.717) is 6.04 Å². The van der Waals surface area contributed by atoms with E-state index in [9.17, 15) is 4.79 Å². The maximum absolute atomic E-state index is 11.9. The maximum atomic E-state index is 11.9. The predicted octanol–water partition coefficient (Wildman–Crippen LogP) is 1.18. The lowest BCUT2D eigenvalue weighted by atomic mass is 10.1. The molecule has 2 aliphatic heterocycles. The molecule has 0 aromatic heterocycles. The Hall–Kier alpha value is -0.0300. The first-order valence-electron chi connectivity index (χ1n) is 6.55. The molecule has 0 radical (unpaired) electrons. The Morgan fingerprint density at radius 2 is 2.11 bits per heavy atom. The normalized spacial score (nSPS) is 28.1. The van der Waals surface area contributed by atoms with Gasteiger partial charge in [0.2, 0.25) is 5.91 Å². The van der Waals surface area contributed by atoms with Crippen LogP contribution in [0.25, 0.3) is 0 Å². The minimum Gasteiger partial charge on any atom is -0.351 e. The molecule has 2 atom stereocenters. The van der Waals surface area contributed by atoms with Crippen LogP contribution in [0.5, 0.6) is 0 Å². The zero-order valence-corrected chi connectivity index (χ0v) is 12.6. The average molecular weight is 298 g/mol. The third-order valence-corrected chi connectivity index (χ3v) is 3.68. The standard InChI is InChI=1S/C12H23N3O.2ClH/c1-2-15-8-4-5-10(9-15)14-12(16)11-6-3-7-13-11;;/h10-11,13H,2-9H2,1H3,(H,14,16);2*1H/t10?,11-;;/m0../s1. The molecule has 0 aliphatic carbocycles. The van der Waals surface area contributed by atoms with Crippen molar-refractivity contribution < 1.29 is 4.79 Å². The molecule has 6 heteroatoms. The number of likely N-dealkylation sites (tertiary alicyclic amines) is 1. The SMILES string of the molecule is CCN1CCCC(NC(=O)[C@@H]2CCCN2)C1.Cl.Cl. The minimum absolute atomic E-state index is 0. The Bertz CT molecular complexity index is 247. The van der Waals surface area contributed by atoms with Gasteiger partial charge in [0.1, 0.15) is 0 Å². The summed E-state index contributed by atoms with van der Waals surface area (Å²) < 4.78 is 0. The van der Waals surface area contributed by atoms with E-state index < -0.39 is 0 Å². The fraction of sp³-hybridized carbons (Fsp3) is 0.917. The maximum Gasteiger partial charge on any atom is 0.237 e. The molecule has 1 amide bonds. The highest BCUT2D eigenvalue weighted by Crippen LogP contribution is 2.11. The van der Waals surface area contributed by atoms with Crippen LogP contribution in [0.2, 0.25) is 0 Å². The van der Waals surface area contributed by atoms with Crippen molar-refractivity contribution in [1.82, 2.24) is 15.5 Å².